The summed E-state index contributed by atoms with van der Waals surface area (Å²) in [4.78, 5) is 15.9. The number of hydrogen-bond donors (Lipinski definition) is 2. The van der Waals surface area contributed by atoms with Crippen LogP contribution in [0.25, 0.3) is 0 Å². The Morgan fingerprint density at radius 1 is 1.48 bits per heavy atom. The number of carboxylic acid groups (broad SMARTS) is 1. The average Bonchev–Trinajstić information content (AvgIpc) is 2.93. The van der Waals surface area contributed by atoms with Crippen LogP contribution in [0.1, 0.15) is 37.0 Å². The number of alkyl halides is 4. The van der Waals surface area contributed by atoms with Crippen molar-refractivity contribution in [2.24, 2.45) is 0 Å². The second-order valence-electron chi connectivity index (χ2n) is 4.89. The fourth-order valence-corrected chi connectivity index (χ4v) is 2.27. The summed E-state index contributed by atoms with van der Waals surface area (Å²) in [6, 6.07) is -0.801. The summed E-state index contributed by atoms with van der Waals surface area (Å²) < 4.78 is 49.4. The molecule has 2 rings (SSSR count). The standard InChI is InChI=1S/C11H14F4N4O2/c12-6-4-7(19(5-6)10(20)21)9-16-8(17-18-9)2-1-3-11(13,14)15/h6-7H,1-5H2,(H,20,21)(H,16,17,18)/t6-,7+/m1/s1. The van der Waals surface area contributed by atoms with Crippen molar-refractivity contribution >= 4 is 6.09 Å². The second-order valence-corrected chi connectivity index (χ2v) is 4.89. The first kappa shape index (κ1) is 15.5. The number of hydrogen-bond acceptors (Lipinski definition) is 3. The van der Waals surface area contributed by atoms with Gasteiger partial charge >= 0.3 is 12.3 Å². The van der Waals surface area contributed by atoms with Crippen LogP contribution in [0.2, 0.25) is 0 Å². The molecule has 0 radical (unpaired) electrons. The molecule has 0 spiro atoms. The second kappa shape index (κ2) is 5.86. The van der Waals surface area contributed by atoms with Gasteiger partial charge in [-0.1, -0.05) is 0 Å². The van der Waals surface area contributed by atoms with Crippen LogP contribution < -0.4 is 0 Å². The highest BCUT2D eigenvalue weighted by Gasteiger charge is 2.38. The molecule has 2 N–H and O–H groups in total. The molecule has 0 saturated carbocycles. The molecule has 6 nitrogen and oxygen atoms in total. The summed E-state index contributed by atoms with van der Waals surface area (Å²) in [5, 5.41) is 15.2. The molecule has 1 aromatic heterocycles. The molecule has 1 saturated heterocycles. The molecule has 2 atom stereocenters. The number of amides is 1. The Morgan fingerprint density at radius 2 is 2.19 bits per heavy atom. The molecule has 118 valence electrons. The lowest BCUT2D eigenvalue weighted by Gasteiger charge is -2.17. The Hall–Kier alpha value is -1.87. The number of H-pyrrole nitrogens is 1. The van der Waals surface area contributed by atoms with Crippen LogP contribution in [0.3, 0.4) is 0 Å². The summed E-state index contributed by atoms with van der Waals surface area (Å²) in [7, 11) is 0. The molecule has 0 bridgehead atoms. The van der Waals surface area contributed by atoms with Crippen molar-refractivity contribution in [3.05, 3.63) is 11.6 Å². The van der Waals surface area contributed by atoms with Crippen LogP contribution in [-0.4, -0.2) is 50.2 Å². The predicted octanol–water partition coefficient (Wildman–Crippen LogP) is 2.45. The third-order valence-corrected chi connectivity index (χ3v) is 3.22. The minimum atomic E-state index is -4.23. The van der Waals surface area contributed by atoms with Crippen LogP contribution in [0, 0.1) is 0 Å². The number of likely N-dealkylation sites (tertiary alicyclic amines) is 1. The van der Waals surface area contributed by atoms with Gasteiger partial charge in [0.05, 0.1) is 12.6 Å². The quantitative estimate of drug-likeness (QED) is 0.837. The number of rotatable bonds is 4. The maximum atomic E-state index is 13.3. The van der Waals surface area contributed by atoms with Crippen LogP contribution in [0.5, 0.6) is 0 Å². The van der Waals surface area contributed by atoms with Crippen molar-refractivity contribution in [3.63, 3.8) is 0 Å². The van der Waals surface area contributed by atoms with Gasteiger partial charge in [-0.25, -0.2) is 14.2 Å². The molecule has 21 heavy (non-hydrogen) atoms. The van der Waals surface area contributed by atoms with Gasteiger partial charge in [0, 0.05) is 19.3 Å². The molecule has 0 aliphatic carbocycles. The van der Waals surface area contributed by atoms with E-state index in [2.05, 4.69) is 15.2 Å². The van der Waals surface area contributed by atoms with Gasteiger partial charge in [0.2, 0.25) is 0 Å². The van der Waals surface area contributed by atoms with Crippen molar-refractivity contribution in [2.45, 2.75) is 44.1 Å². The summed E-state index contributed by atoms with van der Waals surface area (Å²) in [5.41, 5.74) is 0. The summed E-state index contributed by atoms with van der Waals surface area (Å²) >= 11 is 0. The highest BCUT2D eigenvalue weighted by Crippen LogP contribution is 2.31. The molecular weight excluding hydrogens is 296 g/mol. The zero-order valence-corrected chi connectivity index (χ0v) is 10.9. The normalized spacial score (nSPS) is 22.8. The molecule has 1 aliphatic rings. The van der Waals surface area contributed by atoms with Crippen LogP contribution in [0.15, 0.2) is 0 Å². The number of aryl methyl sites for hydroxylation is 1. The molecule has 0 aromatic carbocycles. The number of halogens is 4. The Bertz CT molecular complexity index is 505. The fourth-order valence-electron chi connectivity index (χ4n) is 2.27. The molecule has 2 heterocycles. The molecule has 1 aliphatic heterocycles. The summed E-state index contributed by atoms with van der Waals surface area (Å²) in [6.45, 7) is -0.252. The zero-order valence-electron chi connectivity index (χ0n) is 10.9. The van der Waals surface area contributed by atoms with Crippen molar-refractivity contribution in [3.8, 4) is 0 Å². The highest BCUT2D eigenvalue weighted by molar-refractivity contribution is 5.66. The van der Waals surface area contributed by atoms with E-state index in [9.17, 15) is 22.4 Å². The lowest BCUT2D eigenvalue weighted by Crippen LogP contribution is -2.30. The monoisotopic (exact) mass is 310 g/mol. The van der Waals surface area contributed by atoms with E-state index in [1.165, 1.54) is 0 Å². The van der Waals surface area contributed by atoms with Crippen LogP contribution >= 0.6 is 0 Å². The Morgan fingerprint density at radius 3 is 2.81 bits per heavy atom. The fraction of sp³-hybridized carbons (Fsp3) is 0.727. The maximum absolute atomic E-state index is 13.3. The van der Waals surface area contributed by atoms with E-state index in [0.717, 1.165) is 4.90 Å². The lowest BCUT2D eigenvalue weighted by atomic mass is 10.2. The van der Waals surface area contributed by atoms with Gasteiger partial charge in [-0.05, 0) is 6.42 Å². The Balaban J connectivity index is 1.97. The van der Waals surface area contributed by atoms with E-state index in [0.29, 0.717) is 0 Å². The summed E-state index contributed by atoms with van der Waals surface area (Å²) in [5.74, 6) is 0.335. The van der Waals surface area contributed by atoms with Crippen molar-refractivity contribution in [2.75, 3.05) is 6.54 Å². The molecule has 1 amide bonds. The van der Waals surface area contributed by atoms with Gasteiger partial charge in [-0.15, -0.1) is 0 Å². The van der Waals surface area contributed by atoms with Gasteiger partial charge < -0.3 is 5.11 Å². The minimum Gasteiger partial charge on any atom is -0.465 e. The van der Waals surface area contributed by atoms with Crippen LogP contribution in [-0.2, 0) is 6.42 Å². The van der Waals surface area contributed by atoms with Gasteiger partial charge in [-0.2, -0.15) is 18.3 Å². The van der Waals surface area contributed by atoms with E-state index in [1.807, 2.05) is 0 Å². The lowest BCUT2D eigenvalue weighted by molar-refractivity contribution is -0.135. The molecule has 1 aromatic rings. The van der Waals surface area contributed by atoms with E-state index in [1.54, 1.807) is 0 Å². The van der Waals surface area contributed by atoms with Gasteiger partial charge in [0.25, 0.3) is 0 Å². The number of aromatic amines is 1. The first-order valence-electron chi connectivity index (χ1n) is 6.38. The maximum Gasteiger partial charge on any atom is 0.408 e. The number of aromatic nitrogens is 3. The Kier molecular flexibility index (Phi) is 4.33. The van der Waals surface area contributed by atoms with Gasteiger partial charge in [0.15, 0.2) is 5.82 Å². The molecule has 1 fully saturated rings. The van der Waals surface area contributed by atoms with E-state index in [4.69, 9.17) is 5.11 Å². The third-order valence-electron chi connectivity index (χ3n) is 3.22. The van der Waals surface area contributed by atoms with E-state index in [-0.39, 0.29) is 37.5 Å². The smallest absolute Gasteiger partial charge is 0.408 e. The van der Waals surface area contributed by atoms with Crippen molar-refractivity contribution in [1.29, 1.82) is 0 Å². The van der Waals surface area contributed by atoms with Crippen LogP contribution in [0.4, 0.5) is 22.4 Å². The number of carbonyl (C=O) groups is 1. The van der Waals surface area contributed by atoms with Gasteiger partial charge in [-0.3, -0.25) is 10.00 Å². The molecule has 10 heteroatoms. The minimum absolute atomic E-state index is 0.0470. The van der Waals surface area contributed by atoms with E-state index < -0.39 is 30.9 Å². The average molecular weight is 310 g/mol. The highest BCUT2D eigenvalue weighted by atomic mass is 19.4. The number of nitrogens with one attached hydrogen (secondary N) is 1. The van der Waals surface area contributed by atoms with Gasteiger partial charge in [0.1, 0.15) is 12.0 Å². The van der Waals surface area contributed by atoms with E-state index >= 15 is 0 Å². The predicted molar refractivity (Wildman–Crippen MR) is 62.4 cm³/mol. The third kappa shape index (κ3) is 4.05. The zero-order chi connectivity index (χ0) is 15.6. The van der Waals surface area contributed by atoms with Crippen molar-refractivity contribution in [1.82, 2.24) is 20.1 Å². The molecular formula is C11H14F4N4O2. The largest absolute Gasteiger partial charge is 0.465 e. The topological polar surface area (TPSA) is 82.1 Å². The Labute approximate surface area is 117 Å². The first-order chi connectivity index (χ1) is 9.76. The SMILES string of the molecule is O=C(O)N1C[C@H](F)C[C@H]1c1n[nH]c(CCCC(F)(F)F)n1. The molecule has 0 unspecified atom stereocenters. The number of nitrogens with zero attached hydrogens (tertiary/aromatic N) is 3. The first-order valence-corrected chi connectivity index (χ1v) is 6.38. The summed E-state index contributed by atoms with van der Waals surface area (Å²) in [6.07, 6.45) is -7.87. The van der Waals surface area contributed by atoms with Crippen molar-refractivity contribution < 1.29 is 27.5 Å².